The van der Waals surface area contributed by atoms with Crippen LogP contribution in [-0.4, -0.2) is 72.0 Å². The Morgan fingerprint density at radius 2 is 1.69 bits per heavy atom. The van der Waals surface area contributed by atoms with Crippen LogP contribution in [0.1, 0.15) is 6.42 Å². The number of carbonyl (C=O) groups excluding carboxylic acids is 1. The van der Waals surface area contributed by atoms with Gasteiger partial charge in [0, 0.05) is 37.3 Å². The molecule has 1 saturated heterocycles. The SMILES string of the molecule is COc1cc(NC(=O)CCS(=O)(=O)N2CCOCC2)cc(OC)c1OC. The number of methoxy groups -OCH3 is 3. The van der Waals surface area contributed by atoms with Gasteiger partial charge in [-0.3, -0.25) is 4.79 Å². The molecule has 9 nitrogen and oxygen atoms in total. The van der Waals surface area contributed by atoms with Crippen LogP contribution in [0, 0.1) is 0 Å². The summed E-state index contributed by atoms with van der Waals surface area (Å²) in [7, 11) is 0.937. The Kier molecular flexibility index (Phi) is 7.06. The van der Waals surface area contributed by atoms with E-state index in [0.717, 1.165) is 0 Å². The van der Waals surface area contributed by atoms with Crippen molar-refractivity contribution in [1.82, 2.24) is 4.31 Å². The summed E-state index contributed by atoms with van der Waals surface area (Å²) in [4.78, 5) is 12.2. The zero-order valence-corrected chi connectivity index (χ0v) is 15.9. The summed E-state index contributed by atoms with van der Waals surface area (Å²) < 4.78 is 46.7. The van der Waals surface area contributed by atoms with Gasteiger partial charge in [0.1, 0.15) is 0 Å². The van der Waals surface area contributed by atoms with Crippen LogP contribution in [0.2, 0.25) is 0 Å². The van der Waals surface area contributed by atoms with Gasteiger partial charge in [-0.15, -0.1) is 0 Å². The first-order valence-electron chi connectivity index (χ1n) is 8.06. The van der Waals surface area contributed by atoms with Crippen LogP contribution in [0.15, 0.2) is 12.1 Å². The maximum atomic E-state index is 12.3. The van der Waals surface area contributed by atoms with Crippen LogP contribution < -0.4 is 19.5 Å². The zero-order valence-electron chi connectivity index (χ0n) is 15.1. The quantitative estimate of drug-likeness (QED) is 0.699. The minimum Gasteiger partial charge on any atom is -0.493 e. The molecule has 146 valence electrons. The molecule has 1 aromatic carbocycles. The number of morpholine rings is 1. The van der Waals surface area contributed by atoms with E-state index >= 15 is 0 Å². The van der Waals surface area contributed by atoms with E-state index in [0.29, 0.717) is 49.2 Å². The Morgan fingerprint density at radius 3 is 2.19 bits per heavy atom. The number of rotatable bonds is 8. The number of sulfonamides is 1. The first-order chi connectivity index (χ1) is 12.4. The summed E-state index contributed by atoms with van der Waals surface area (Å²) in [6, 6.07) is 3.16. The number of nitrogens with one attached hydrogen (secondary N) is 1. The van der Waals surface area contributed by atoms with Crippen LogP contribution >= 0.6 is 0 Å². The second-order valence-electron chi connectivity index (χ2n) is 5.54. The van der Waals surface area contributed by atoms with Crippen molar-refractivity contribution in [2.75, 3.05) is 58.7 Å². The third kappa shape index (κ3) is 4.99. The Morgan fingerprint density at radius 1 is 1.12 bits per heavy atom. The zero-order chi connectivity index (χ0) is 19.2. The van der Waals surface area contributed by atoms with Crippen molar-refractivity contribution in [3.05, 3.63) is 12.1 Å². The molecule has 0 atom stereocenters. The summed E-state index contributed by atoms with van der Waals surface area (Å²) >= 11 is 0. The summed E-state index contributed by atoms with van der Waals surface area (Å²) in [5, 5.41) is 2.66. The number of carbonyl (C=O) groups is 1. The molecular weight excluding hydrogens is 364 g/mol. The number of benzene rings is 1. The van der Waals surface area contributed by atoms with E-state index in [1.54, 1.807) is 12.1 Å². The highest BCUT2D eigenvalue weighted by molar-refractivity contribution is 7.89. The maximum Gasteiger partial charge on any atom is 0.225 e. The van der Waals surface area contributed by atoms with Gasteiger partial charge in [-0.1, -0.05) is 0 Å². The molecule has 1 aliphatic heterocycles. The fourth-order valence-corrected chi connectivity index (χ4v) is 3.96. The highest BCUT2D eigenvalue weighted by atomic mass is 32.2. The average Bonchev–Trinajstić information content (AvgIpc) is 2.66. The molecule has 2 rings (SSSR count). The summed E-state index contributed by atoms with van der Waals surface area (Å²) in [6.45, 7) is 1.38. The maximum absolute atomic E-state index is 12.3. The number of hydrogen-bond acceptors (Lipinski definition) is 7. The van der Waals surface area contributed by atoms with Crippen molar-refractivity contribution in [2.45, 2.75) is 6.42 Å². The number of ether oxygens (including phenoxy) is 4. The van der Waals surface area contributed by atoms with E-state index in [9.17, 15) is 13.2 Å². The topological polar surface area (TPSA) is 103 Å². The molecular formula is C16H24N2O7S. The van der Waals surface area contributed by atoms with E-state index in [2.05, 4.69) is 5.32 Å². The predicted molar refractivity (Wildman–Crippen MR) is 95.5 cm³/mol. The van der Waals surface area contributed by atoms with Gasteiger partial charge in [-0.25, -0.2) is 8.42 Å². The molecule has 0 spiro atoms. The van der Waals surface area contributed by atoms with Gasteiger partial charge < -0.3 is 24.3 Å². The van der Waals surface area contributed by atoms with Crippen molar-refractivity contribution in [3.63, 3.8) is 0 Å². The van der Waals surface area contributed by atoms with Crippen LogP contribution in [0.5, 0.6) is 17.2 Å². The monoisotopic (exact) mass is 388 g/mol. The molecule has 1 amide bonds. The number of amides is 1. The fourth-order valence-electron chi connectivity index (χ4n) is 2.55. The smallest absolute Gasteiger partial charge is 0.225 e. The van der Waals surface area contributed by atoms with E-state index in [-0.39, 0.29) is 12.2 Å². The molecule has 1 heterocycles. The van der Waals surface area contributed by atoms with E-state index in [1.807, 2.05) is 0 Å². The Hall–Kier alpha value is -2.04. The van der Waals surface area contributed by atoms with E-state index in [4.69, 9.17) is 18.9 Å². The lowest BCUT2D eigenvalue weighted by molar-refractivity contribution is -0.115. The number of anilines is 1. The lowest BCUT2D eigenvalue weighted by atomic mass is 10.2. The highest BCUT2D eigenvalue weighted by Crippen LogP contribution is 2.39. The fraction of sp³-hybridized carbons (Fsp3) is 0.562. The summed E-state index contributed by atoms with van der Waals surface area (Å²) in [6.07, 6.45) is -0.156. The molecule has 0 saturated carbocycles. The molecule has 0 aromatic heterocycles. The van der Waals surface area contributed by atoms with E-state index in [1.165, 1.54) is 25.6 Å². The molecule has 1 aromatic rings. The van der Waals surface area contributed by atoms with Crippen LogP contribution in [0.25, 0.3) is 0 Å². The van der Waals surface area contributed by atoms with E-state index < -0.39 is 15.9 Å². The second-order valence-corrected chi connectivity index (χ2v) is 7.63. The molecule has 1 aliphatic rings. The molecule has 1 fully saturated rings. The lowest BCUT2D eigenvalue weighted by Gasteiger charge is -2.25. The van der Waals surface area contributed by atoms with Crippen LogP contribution in [0.4, 0.5) is 5.69 Å². The van der Waals surface area contributed by atoms with Gasteiger partial charge in [-0.05, 0) is 0 Å². The van der Waals surface area contributed by atoms with Gasteiger partial charge >= 0.3 is 0 Å². The third-order valence-electron chi connectivity index (χ3n) is 3.90. The van der Waals surface area contributed by atoms with Crippen molar-refractivity contribution in [1.29, 1.82) is 0 Å². The van der Waals surface area contributed by atoms with Crippen molar-refractivity contribution >= 4 is 21.6 Å². The highest BCUT2D eigenvalue weighted by Gasteiger charge is 2.25. The molecule has 0 aliphatic carbocycles. The Labute approximate surface area is 153 Å². The molecule has 10 heteroatoms. The third-order valence-corrected chi connectivity index (χ3v) is 5.77. The molecule has 1 N–H and O–H groups in total. The summed E-state index contributed by atoms with van der Waals surface area (Å²) in [5.41, 5.74) is 0.424. The predicted octanol–water partition coefficient (Wildman–Crippen LogP) is 0.703. The number of nitrogens with zero attached hydrogens (tertiary/aromatic N) is 1. The first-order valence-corrected chi connectivity index (χ1v) is 9.67. The van der Waals surface area contributed by atoms with Crippen molar-refractivity contribution in [3.8, 4) is 17.2 Å². The van der Waals surface area contributed by atoms with Crippen molar-refractivity contribution in [2.24, 2.45) is 0 Å². The first kappa shape index (κ1) is 20.3. The van der Waals surface area contributed by atoms with Gasteiger partial charge in [0.25, 0.3) is 0 Å². The lowest BCUT2D eigenvalue weighted by Crippen LogP contribution is -2.42. The molecule has 0 radical (unpaired) electrons. The number of hydrogen-bond donors (Lipinski definition) is 1. The molecule has 0 bridgehead atoms. The Bertz CT molecular complexity index is 705. The normalized spacial score (nSPS) is 15.3. The van der Waals surface area contributed by atoms with Crippen molar-refractivity contribution < 1.29 is 32.2 Å². The van der Waals surface area contributed by atoms with Gasteiger partial charge in [0.05, 0.1) is 40.3 Å². The standard InChI is InChI=1S/C16H24N2O7S/c1-22-13-10-12(11-14(23-2)16(13)24-3)17-15(19)4-9-26(20,21)18-5-7-25-8-6-18/h10-11H,4-9H2,1-3H3,(H,17,19). The molecule has 26 heavy (non-hydrogen) atoms. The van der Waals surface area contributed by atoms with Gasteiger partial charge in [-0.2, -0.15) is 4.31 Å². The van der Waals surface area contributed by atoms with Crippen LogP contribution in [0.3, 0.4) is 0 Å². The Balaban J connectivity index is 2.01. The second kappa shape index (κ2) is 9.06. The summed E-state index contributed by atoms with van der Waals surface area (Å²) in [5.74, 6) is 0.508. The minimum absolute atomic E-state index is 0.156. The van der Waals surface area contributed by atoms with Crippen LogP contribution in [-0.2, 0) is 19.6 Å². The average molecular weight is 388 g/mol. The van der Waals surface area contributed by atoms with Gasteiger partial charge in [0.2, 0.25) is 21.7 Å². The van der Waals surface area contributed by atoms with Gasteiger partial charge in [0.15, 0.2) is 11.5 Å². The largest absolute Gasteiger partial charge is 0.493 e. The molecule has 0 unspecified atom stereocenters. The minimum atomic E-state index is -3.48.